The van der Waals surface area contributed by atoms with Gasteiger partial charge in [-0.25, -0.2) is 0 Å². The highest BCUT2D eigenvalue weighted by atomic mass is 127. The average molecular weight is 458 g/mol. The van der Waals surface area contributed by atoms with Gasteiger partial charge < -0.3 is 19.9 Å². The van der Waals surface area contributed by atoms with Crippen molar-refractivity contribution in [2.45, 2.75) is 39.5 Å². The van der Waals surface area contributed by atoms with Crippen LogP contribution < -0.4 is 10.6 Å². The second kappa shape index (κ2) is 11.1. The summed E-state index contributed by atoms with van der Waals surface area (Å²) in [4.78, 5) is 4.22. The van der Waals surface area contributed by atoms with E-state index in [1.165, 1.54) is 5.56 Å². The van der Waals surface area contributed by atoms with E-state index >= 15 is 0 Å². The first-order valence-electron chi connectivity index (χ1n) is 8.09. The topological polar surface area (TPSA) is 71.7 Å². The van der Waals surface area contributed by atoms with Crippen LogP contribution in [0.5, 0.6) is 0 Å². The fourth-order valence-electron chi connectivity index (χ4n) is 2.18. The molecule has 0 saturated carbocycles. The minimum atomic E-state index is 0. The molecule has 1 heterocycles. The fraction of sp³-hybridized carbons (Fsp3) is 0.444. The standard InChI is InChI=1S/C18H26N4O2.HI/c1-13(2)17-9-16(24-22-17)11-21-18(19-3)20-10-14-5-7-15(8-6-14)12-23-4;/h5-9,13H,10-12H2,1-4H3,(H2,19,20,21);1H. The number of nitrogens with one attached hydrogen (secondary N) is 2. The SMILES string of the molecule is CN=C(NCc1ccc(COC)cc1)NCc1cc(C(C)C)no1.I. The molecule has 0 aliphatic heterocycles. The molecule has 0 unspecified atom stereocenters. The molecule has 0 fully saturated rings. The van der Waals surface area contributed by atoms with Crippen molar-refractivity contribution in [1.29, 1.82) is 0 Å². The van der Waals surface area contributed by atoms with E-state index in [0.717, 1.165) is 23.0 Å². The molecule has 0 aliphatic rings. The summed E-state index contributed by atoms with van der Waals surface area (Å²) in [5, 5.41) is 10.6. The molecule has 1 aromatic carbocycles. The van der Waals surface area contributed by atoms with Crippen molar-refractivity contribution in [3.63, 3.8) is 0 Å². The van der Waals surface area contributed by atoms with Gasteiger partial charge in [0.1, 0.15) is 0 Å². The van der Waals surface area contributed by atoms with Gasteiger partial charge in [0.05, 0.1) is 18.8 Å². The van der Waals surface area contributed by atoms with Crippen LogP contribution in [-0.4, -0.2) is 25.3 Å². The van der Waals surface area contributed by atoms with Crippen molar-refractivity contribution in [3.8, 4) is 0 Å². The van der Waals surface area contributed by atoms with Crippen LogP contribution in [0.15, 0.2) is 39.8 Å². The van der Waals surface area contributed by atoms with Crippen LogP contribution in [0, 0.1) is 0 Å². The summed E-state index contributed by atoms with van der Waals surface area (Å²) >= 11 is 0. The number of methoxy groups -OCH3 is 1. The smallest absolute Gasteiger partial charge is 0.191 e. The molecule has 1 aromatic heterocycles. The van der Waals surface area contributed by atoms with Crippen molar-refractivity contribution in [1.82, 2.24) is 15.8 Å². The van der Waals surface area contributed by atoms with Crippen molar-refractivity contribution < 1.29 is 9.26 Å². The third-order valence-corrected chi connectivity index (χ3v) is 3.62. The van der Waals surface area contributed by atoms with Gasteiger partial charge in [0.2, 0.25) is 0 Å². The molecule has 0 aliphatic carbocycles. The van der Waals surface area contributed by atoms with Gasteiger partial charge in [0, 0.05) is 26.8 Å². The number of ether oxygens (including phenoxy) is 1. The quantitative estimate of drug-likeness (QED) is 0.378. The maximum absolute atomic E-state index is 5.31. The maximum atomic E-state index is 5.31. The van der Waals surface area contributed by atoms with E-state index in [1.807, 2.05) is 6.07 Å². The lowest BCUT2D eigenvalue weighted by Crippen LogP contribution is -2.36. The molecular formula is C18H27IN4O2. The van der Waals surface area contributed by atoms with Gasteiger partial charge in [0.15, 0.2) is 11.7 Å². The van der Waals surface area contributed by atoms with Crippen molar-refractivity contribution in [2.24, 2.45) is 4.99 Å². The highest BCUT2D eigenvalue weighted by molar-refractivity contribution is 14.0. The maximum Gasteiger partial charge on any atom is 0.191 e. The average Bonchev–Trinajstić information content (AvgIpc) is 3.06. The lowest BCUT2D eigenvalue weighted by Gasteiger charge is -2.11. The molecule has 0 bridgehead atoms. The van der Waals surface area contributed by atoms with E-state index in [4.69, 9.17) is 9.26 Å². The Morgan fingerprint density at radius 3 is 2.36 bits per heavy atom. The van der Waals surface area contributed by atoms with Crippen molar-refractivity contribution >= 4 is 29.9 Å². The molecular weight excluding hydrogens is 431 g/mol. The Hall–Kier alpha value is -1.61. The fourth-order valence-corrected chi connectivity index (χ4v) is 2.18. The Bertz CT molecular complexity index is 653. The highest BCUT2D eigenvalue weighted by Crippen LogP contribution is 2.13. The predicted octanol–water partition coefficient (Wildman–Crippen LogP) is 3.43. The highest BCUT2D eigenvalue weighted by Gasteiger charge is 2.08. The summed E-state index contributed by atoms with van der Waals surface area (Å²) in [7, 11) is 3.45. The largest absolute Gasteiger partial charge is 0.380 e. The Morgan fingerprint density at radius 1 is 1.16 bits per heavy atom. The number of nitrogens with zero attached hydrogens (tertiary/aromatic N) is 2. The van der Waals surface area contributed by atoms with E-state index in [-0.39, 0.29) is 24.0 Å². The Morgan fingerprint density at radius 2 is 1.80 bits per heavy atom. The van der Waals surface area contributed by atoms with Gasteiger partial charge >= 0.3 is 0 Å². The minimum absolute atomic E-state index is 0. The second-order valence-corrected chi connectivity index (χ2v) is 5.90. The van der Waals surface area contributed by atoms with Crippen molar-refractivity contribution in [2.75, 3.05) is 14.2 Å². The molecule has 6 nitrogen and oxygen atoms in total. The second-order valence-electron chi connectivity index (χ2n) is 5.90. The van der Waals surface area contributed by atoms with Gasteiger partial charge in [-0.05, 0) is 17.0 Å². The third-order valence-electron chi connectivity index (χ3n) is 3.62. The third kappa shape index (κ3) is 7.03. The first-order valence-corrected chi connectivity index (χ1v) is 8.09. The van der Waals surface area contributed by atoms with Crippen molar-refractivity contribution in [3.05, 3.63) is 52.9 Å². The van der Waals surface area contributed by atoms with Crippen LogP contribution >= 0.6 is 24.0 Å². The molecule has 0 atom stereocenters. The number of aromatic nitrogens is 1. The van der Waals surface area contributed by atoms with Crippen LogP contribution in [0.2, 0.25) is 0 Å². The van der Waals surface area contributed by atoms with Crippen LogP contribution in [0.1, 0.15) is 42.3 Å². The molecule has 0 saturated heterocycles. The zero-order valence-electron chi connectivity index (χ0n) is 15.2. The zero-order valence-corrected chi connectivity index (χ0v) is 17.5. The molecule has 0 radical (unpaired) electrons. The summed E-state index contributed by atoms with van der Waals surface area (Å²) in [5.41, 5.74) is 3.31. The molecule has 2 aromatic rings. The van der Waals surface area contributed by atoms with Gasteiger partial charge in [-0.1, -0.05) is 43.3 Å². The summed E-state index contributed by atoms with van der Waals surface area (Å²) in [6, 6.07) is 10.3. The predicted molar refractivity (Wildman–Crippen MR) is 110 cm³/mol. The summed E-state index contributed by atoms with van der Waals surface area (Å²) in [6.07, 6.45) is 0. The Labute approximate surface area is 166 Å². The van der Waals surface area contributed by atoms with E-state index in [2.05, 4.69) is 58.9 Å². The van der Waals surface area contributed by atoms with Crippen LogP contribution in [0.25, 0.3) is 0 Å². The normalized spacial score (nSPS) is 11.3. The number of guanidine groups is 1. The van der Waals surface area contributed by atoms with E-state index in [0.29, 0.717) is 25.6 Å². The summed E-state index contributed by atoms with van der Waals surface area (Å²) < 4.78 is 10.4. The summed E-state index contributed by atoms with van der Waals surface area (Å²) in [5.74, 6) is 1.88. The van der Waals surface area contributed by atoms with E-state index in [1.54, 1.807) is 14.2 Å². The number of rotatable bonds is 7. The molecule has 138 valence electrons. The van der Waals surface area contributed by atoms with Gasteiger partial charge in [-0.15, -0.1) is 24.0 Å². The number of hydrogen-bond acceptors (Lipinski definition) is 4. The molecule has 25 heavy (non-hydrogen) atoms. The minimum Gasteiger partial charge on any atom is -0.380 e. The van der Waals surface area contributed by atoms with Crippen LogP contribution in [0.4, 0.5) is 0 Å². The van der Waals surface area contributed by atoms with Crippen LogP contribution in [0.3, 0.4) is 0 Å². The molecule has 7 heteroatoms. The number of halogens is 1. The number of aliphatic imine (C=N–C) groups is 1. The van der Waals surface area contributed by atoms with Gasteiger partial charge in [-0.3, -0.25) is 4.99 Å². The van der Waals surface area contributed by atoms with Crippen LogP contribution in [-0.2, 0) is 24.4 Å². The van der Waals surface area contributed by atoms with E-state index in [9.17, 15) is 0 Å². The van der Waals surface area contributed by atoms with Gasteiger partial charge in [-0.2, -0.15) is 0 Å². The monoisotopic (exact) mass is 458 g/mol. The molecule has 0 spiro atoms. The van der Waals surface area contributed by atoms with E-state index < -0.39 is 0 Å². The Balaban J connectivity index is 0.00000312. The number of benzene rings is 1. The lowest BCUT2D eigenvalue weighted by molar-refractivity contribution is 0.185. The lowest BCUT2D eigenvalue weighted by atomic mass is 10.1. The first kappa shape index (κ1) is 21.4. The molecule has 2 N–H and O–H groups in total. The zero-order chi connectivity index (χ0) is 17.4. The number of hydrogen-bond donors (Lipinski definition) is 2. The van der Waals surface area contributed by atoms with Gasteiger partial charge in [0.25, 0.3) is 0 Å². The molecule has 2 rings (SSSR count). The molecule has 0 amide bonds. The Kier molecular flexibility index (Phi) is 9.51. The first-order chi connectivity index (χ1) is 11.6. The summed E-state index contributed by atoms with van der Waals surface area (Å²) in [6.45, 7) is 6.06.